The molecule has 5 aliphatic rings. The lowest BCUT2D eigenvalue weighted by Crippen LogP contribution is -2.66. The van der Waals surface area contributed by atoms with E-state index in [9.17, 15) is 5.11 Å². The first-order valence-corrected chi connectivity index (χ1v) is 14.8. The summed E-state index contributed by atoms with van der Waals surface area (Å²) in [5.74, 6) is 3.05. The molecule has 8 atom stereocenters. The van der Waals surface area contributed by atoms with Crippen LogP contribution in [0.1, 0.15) is 132 Å². The van der Waals surface area contributed by atoms with Gasteiger partial charge in [-0.1, -0.05) is 66.5 Å². The van der Waals surface area contributed by atoms with E-state index in [4.69, 9.17) is 0 Å². The van der Waals surface area contributed by atoms with Gasteiger partial charge in [-0.05, 0) is 128 Å². The number of aliphatic hydroxyl groups excluding tert-OH is 1. The first-order chi connectivity index (χ1) is 15.4. The van der Waals surface area contributed by atoms with Crippen molar-refractivity contribution >= 4 is 0 Å². The van der Waals surface area contributed by atoms with Gasteiger partial charge in [-0.25, -0.2) is 0 Å². The number of fused-ring (bicyclic) bond motifs is 7. The third kappa shape index (κ3) is 2.87. The maximum Gasteiger partial charge on any atom is 0.0594 e. The minimum atomic E-state index is -0.117. The summed E-state index contributed by atoms with van der Waals surface area (Å²) in [5, 5.41) is 11.0. The molecule has 1 nitrogen and oxygen atoms in total. The Kier molecular flexibility index (Phi) is 5.62. The van der Waals surface area contributed by atoms with E-state index < -0.39 is 0 Å². The molecule has 0 heterocycles. The van der Waals surface area contributed by atoms with E-state index in [2.05, 4.69) is 55.4 Å². The molecule has 1 N–H and O–H groups in total. The fourth-order valence-electron chi connectivity index (χ4n) is 11.9. The molecule has 0 amide bonds. The summed E-state index contributed by atoms with van der Waals surface area (Å²) in [6, 6.07) is 0. The van der Waals surface area contributed by atoms with Crippen LogP contribution < -0.4 is 0 Å². The molecule has 0 radical (unpaired) electrons. The summed E-state index contributed by atoms with van der Waals surface area (Å²) in [6.07, 6.45) is 16.2. The Balaban J connectivity index is 1.61. The predicted molar refractivity (Wildman–Crippen MR) is 140 cm³/mol. The Morgan fingerprint density at radius 3 is 2.18 bits per heavy atom. The Bertz CT molecular complexity index is 820. The largest absolute Gasteiger partial charge is 0.393 e. The van der Waals surface area contributed by atoms with E-state index >= 15 is 0 Å². The maximum absolute atomic E-state index is 11.0. The number of hydrogen-bond donors (Lipinski definition) is 1. The second kappa shape index (κ2) is 7.60. The van der Waals surface area contributed by atoms with Gasteiger partial charge in [-0.2, -0.15) is 0 Å². The first kappa shape index (κ1) is 24.4. The van der Waals surface area contributed by atoms with Crippen molar-refractivity contribution in [3.05, 3.63) is 11.1 Å². The number of allylic oxidation sites excluding steroid dienone is 2. The Hall–Kier alpha value is -0.300. The van der Waals surface area contributed by atoms with Crippen LogP contribution in [0.2, 0.25) is 0 Å². The zero-order chi connectivity index (χ0) is 24.0. The maximum atomic E-state index is 11.0. The van der Waals surface area contributed by atoms with Crippen LogP contribution in [-0.4, -0.2) is 11.2 Å². The molecular formula is C32H54O. The standard InChI is InChI=1S/C32H54O/c1-9-31-17-13-22(21(3)4)27(31)23-11-12-25-29(7)16-15-26(33)28(5,6)24(29)14-18-32(25,10-2)30(23,8)19-20-31/h21,23-26,33H,9-20H2,1-8H3/t23-,24+,25-,26+,29?,30-,31-,32?/m1/s1. The van der Waals surface area contributed by atoms with E-state index in [-0.39, 0.29) is 11.5 Å². The van der Waals surface area contributed by atoms with Gasteiger partial charge in [-0.3, -0.25) is 0 Å². The van der Waals surface area contributed by atoms with Crippen LogP contribution in [-0.2, 0) is 0 Å². The van der Waals surface area contributed by atoms with Crippen molar-refractivity contribution in [2.75, 3.05) is 0 Å². The van der Waals surface area contributed by atoms with Crippen LogP contribution in [0.5, 0.6) is 0 Å². The van der Waals surface area contributed by atoms with Crippen molar-refractivity contribution in [2.24, 2.45) is 50.7 Å². The first-order valence-electron chi connectivity index (χ1n) is 14.8. The summed E-state index contributed by atoms with van der Waals surface area (Å²) in [5.41, 5.74) is 5.80. The second-order valence-electron chi connectivity index (χ2n) is 14.8. The molecule has 2 unspecified atom stereocenters. The molecule has 4 saturated carbocycles. The zero-order valence-electron chi connectivity index (χ0n) is 23.3. The van der Waals surface area contributed by atoms with Crippen LogP contribution in [0.4, 0.5) is 0 Å². The van der Waals surface area contributed by atoms with E-state index in [1.807, 2.05) is 11.1 Å². The van der Waals surface area contributed by atoms with Gasteiger partial charge in [0.25, 0.3) is 0 Å². The smallest absolute Gasteiger partial charge is 0.0594 e. The van der Waals surface area contributed by atoms with Gasteiger partial charge in [0.15, 0.2) is 0 Å². The van der Waals surface area contributed by atoms with E-state index in [0.29, 0.717) is 27.6 Å². The molecule has 5 rings (SSSR count). The van der Waals surface area contributed by atoms with Crippen molar-refractivity contribution in [1.29, 1.82) is 0 Å². The highest BCUT2D eigenvalue weighted by Crippen LogP contribution is 2.77. The van der Waals surface area contributed by atoms with Gasteiger partial charge in [0, 0.05) is 0 Å². The predicted octanol–water partition coefficient (Wildman–Crippen LogP) is 8.95. The summed E-state index contributed by atoms with van der Waals surface area (Å²) in [6.45, 7) is 20.2. The van der Waals surface area contributed by atoms with Crippen LogP contribution in [0.15, 0.2) is 11.1 Å². The zero-order valence-corrected chi connectivity index (χ0v) is 23.3. The van der Waals surface area contributed by atoms with Crippen LogP contribution in [0, 0.1) is 50.7 Å². The van der Waals surface area contributed by atoms with Gasteiger partial charge >= 0.3 is 0 Å². The van der Waals surface area contributed by atoms with Gasteiger partial charge in [0.1, 0.15) is 0 Å². The summed E-state index contributed by atoms with van der Waals surface area (Å²) in [7, 11) is 0. The normalized spacial score (nSPS) is 51.1. The highest BCUT2D eigenvalue weighted by molar-refractivity contribution is 5.37. The molecule has 1 heteroatoms. The monoisotopic (exact) mass is 454 g/mol. The van der Waals surface area contributed by atoms with Gasteiger partial charge in [0.05, 0.1) is 6.10 Å². The molecule has 0 aromatic carbocycles. The molecule has 0 aromatic rings. The van der Waals surface area contributed by atoms with Crippen LogP contribution in [0.25, 0.3) is 0 Å². The number of hydrogen-bond acceptors (Lipinski definition) is 1. The van der Waals surface area contributed by atoms with Crippen LogP contribution >= 0.6 is 0 Å². The van der Waals surface area contributed by atoms with Gasteiger partial charge < -0.3 is 5.11 Å². The number of aliphatic hydroxyl groups is 1. The van der Waals surface area contributed by atoms with Crippen molar-refractivity contribution in [2.45, 2.75) is 139 Å². The minimum absolute atomic E-state index is 0.0629. The van der Waals surface area contributed by atoms with E-state index in [0.717, 1.165) is 24.2 Å². The van der Waals surface area contributed by atoms with E-state index in [1.54, 1.807) is 0 Å². The Labute approximate surface area is 205 Å². The SMILES string of the molecule is CCC12CC[C@H]3C(C)(C)[C@@H](O)CCC3(C)[C@H]1CC[C@@H]1C3=C(C(C)C)CC[C@]3(CC)CC[C@]12C. The van der Waals surface area contributed by atoms with Crippen molar-refractivity contribution < 1.29 is 5.11 Å². The third-order valence-electron chi connectivity index (χ3n) is 13.8. The van der Waals surface area contributed by atoms with E-state index in [1.165, 1.54) is 70.6 Å². The third-order valence-corrected chi connectivity index (χ3v) is 13.8. The van der Waals surface area contributed by atoms with Crippen molar-refractivity contribution in [3.8, 4) is 0 Å². The average Bonchev–Trinajstić information content (AvgIpc) is 3.17. The molecule has 0 saturated heterocycles. The molecular weight excluding hydrogens is 400 g/mol. The lowest BCUT2D eigenvalue weighted by Gasteiger charge is -2.73. The molecule has 0 aliphatic heterocycles. The Morgan fingerprint density at radius 1 is 0.818 bits per heavy atom. The van der Waals surface area contributed by atoms with Crippen molar-refractivity contribution in [3.63, 3.8) is 0 Å². The topological polar surface area (TPSA) is 20.2 Å². The minimum Gasteiger partial charge on any atom is -0.393 e. The highest BCUT2D eigenvalue weighted by atomic mass is 16.3. The summed E-state index contributed by atoms with van der Waals surface area (Å²) >= 11 is 0. The van der Waals surface area contributed by atoms with Gasteiger partial charge in [-0.15, -0.1) is 0 Å². The molecule has 0 bridgehead atoms. The fourth-order valence-corrected chi connectivity index (χ4v) is 11.9. The summed E-state index contributed by atoms with van der Waals surface area (Å²) in [4.78, 5) is 0. The highest BCUT2D eigenvalue weighted by Gasteiger charge is 2.70. The fraction of sp³-hybridized carbons (Fsp3) is 0.938. The summed E-state index contributed by atoms with van der Waals surface area (Å²) < 4.78 is 0. The molecule has 4 fully saturated rings. The Morgan fingerprint density at radius 2 is 1.55 bits per heavy atom. The van der Waals surface area contributed by atoms with Gasteiger partial charge in [0.2, 0.25) is 0 Å². The molecule has 188 valence electrons. The molecule has 0 aromatic heterocycles. The molecule has 5 aliphatic carbocycles. The lowest BCUT2D eigenvalue weighted by atomic mass is 9.32. The van der Waals surface area contributed by atoms with Crippen LogP contribution in [0.3, 0.4) is 0 Å². The second-order valence-corrected chi connectivity index (χ2v) is 14.8. The molecule has 0 spiro atoms. The molecule has 33 heavy (non-hydrogen) atoms. The lowest BCUT2D eigenvalue weighted by molar-refractivity contribution is -0.236. The quantitative estimate of drug-likeness (QED) is 0.422. The number of rotatable bonds is 3. The van der Waals surface area contributed by atoms with Crippen molar-refractivity contribution in [1.82, 2.24) is 0 Å². The average molecular weight is 455 g/mol.